The number of hydrogen-bond donors (Lipinski definition) is 0. The summed E-state index contributed by atoms with van der Waals surface area (Å²) in [6, 6.07) is 0. The molecule has 1 rings (SSSR count). The highest BCUT2D eigenvalue weighted by molar-refractivity contribution is 4.97. The van der Waals surface area contributed by atoms with E-state index in [0.717, 1.165) is 0 Å². The van der Waals surface area contributed by atoms with Gasteiger partial charge in [-0.3, -0.25) is 0 Å². The third-order valence-electron chi connectivity index (χ3n) is 11.3. The van der Waals surface area contributed by atoms with Crippen LogP contribution in [0.3, 0.4) is 0 Å². The van der Waals surface area contributed by atoms with E-state index in [1.54, 1.807) is 0 Å². The molecule has 48 heavy (non-hydrogen) atoms. The number of unbranched alkanes of at least 4 members (excludes halogenated alkanes) is 34. The molecule has 1 heterocycles. The van der Waals surface area contributed by atoms with Crippen LogP contribution in [-0.4, -0.2) is 29.1 Å². The van der Waals surface area contributed by atoms with Crippen molar-refractivity contribution in [2.24, 2.45) is 0 Å². The fourth-order valence-electron chi connectivity index (χ4n) is 7.95. The van der Waals surface area contributed by atoms with Crippen LogP contribution in [0.5, 0.6) is 0 Å². The van der Waals surface area contributed by atoms with Gasteiger partial charge in [0.25, 0.3) is 0 Å². The fourth-order valence-corrected chi connectivity index (χ4v) is 7.95. The van der Waals surface area contributed by atoms with E-state index in [4.69, 9.17) is 0 Å². The molecule has 0 bridgehead atoms. The van der Waals surface area contributed by atoms with Crippen molar-refractivity contribution in [1.82, 2.24) is 9.80 Å². The van der Waals surface area contributed by atoms with E-state index in [9.17, 15) is 0 Å². The van der Waals surface area contributed by atoms with Crippen LogP contribution in [0, 0.1) is 0 Å². The van der Waals surface area contributed by atoms with Gasteiger partial charge >= 0.3 is 0 Å². The summed E-state index contributed by atoms with van der Waals surface area (Å²) in [5, 5.41) is 0. The zero-order valence-corrected chi connectivity index (χ0v) is 33.9. The molecule has 0 amide bonds. The first-order valence-corrected chi connectivity index (χ1v) is 23.0. The average molecular weight is 673 g/mol. The summed E-state index contributed by atoms with van der Waals surface area (Å²) in [7, 11) is 0. The maximum Gasteiger partial charge on any atom is 0.101 e. The molecule has 0 saturated heterocycles. The Morgan fingerprint density at radius 2 is 0.479 bits per heavy atom. The standard InChI is InChI=1S/C46H92N2/c1-4-7-10-13-16-19-22-25-26-29-32-35-38-41-46-47(42-39-36-33-30-27-23-20-17-14-11-8-5-2)44-45-48(46)43-40-37-34-31-28-24-21-18-15-12-9-6-3/h44-46H,4-43H2,1-3H3. The Balaban J connectivity index is 2.22. The van der Waals surface area contributed by atoms with E-state index in [0.29, 0.717) is 6.17 Å². The lowest BCUT2D eigenvalue weighted by Crippen LogP contribution is -2.39. The van der Waals surface area contributed by atoms with Gasteiger partial charge < -0.3 is 9.80 Å². The maximum absolute atomic E-state index is 2.73. The predicted octanol–water partition coefficient (Wildman–Crippen LogP) is 16.3. The second-order valence-electron chi connectivity index (χ2n) is 16.1. The summed E-state index contributed by atoms with van der Waals surface area (Å²) in [6.45, 7) is 9.49. The Morgan fingerprint density at radius 1 is 0.271 bits per heavy atom. The second-order valence-corrected chi connectivity index (χ2v) is 16.1. The predicted molar refractivity (Wildman–Crippen MR) is 219 cm³/mol. The minimum atomic E-state index is 0.637. The van der Waals surface area contributed by atoms with E-state index in [-0.39, 0.29) is 0 Å². The van der Waals surface area contributed by atoms with Gasteiger partial charge in [0.1, 0.15) is 6.17 Å². The van der Waals surface area contributed by atoms with Gasteiger partial charge in [-0.15, -0.1) is 0 Å². The van der Waals surface area contributed by atoms with Crippen molar-refractivity contribution in [3.63, 3.8) is 0 Å². The first-order valence-electron chi connectivity index (χ1n) is 23.0. The summed E-state index contributed by atoms with van der Waals surface area (Å²) < 4.78 is 0. The van der Waals surface area contributed by atoms with Gasteiger partial charge in [-0.25, -0.2) is 0 Å². The summed E-state index contributed by atoms with van der Waals surface area (Å²) in [5.41, 5.74) is 0. The van der Waals surface area contributed by atoms with Crippen LogP contribution in [0.2, 0.25) is 0 Å². The molecule has 1 aliphatic heterocycles. The molecule has 0 aromatic heterocycles. The summed E-state index contributed by atoms with van der Waals surface area (Å²) in [6.07, 6.45) is 60.4. The lowest BCUT2D eigenvalue weighted by Gasteiger charge is -2.33. The van der Waals surface area contributed by atoms with Crippen molar-refractivity contribution in [3.8, 4) is 0 Å². The van der Waals surface area contributed by atoms with E-state index < -0.39 is 0 Å². The lowest BCUT2D eigenvalue weighted by molar-refractivity contribution is 0.135. The monoisotopic (exact) mass is 673 g/mol. The molecule has 286 valence electrons. The molecule has 0 radical (unpaired) electrons. The highest BCUT2D eigenvalue weighted by atomic mass is 15.4. The lowest BCUT2D eigenvalue weighted by atomic mass is 10.0. The van der Waals surface area contributed by atoms with Crippen LogP contribution >= 0.6 is 0 Å². The Labute approximate surface area is 305 Å². The molecule has 0 fully saturated rings. The molecule has 2 nitrogen and oxygen atoms in total. The maximum atomic E-state index is 2.73. The zero-order chi connectivity index (χ0) is 34.4. The van der Waals surface area contributed by atoms with Gasteiger partial charge in [0.15, 0.2) is 0 Å². The van der Waals surface area contributed by atoms with E-state index in [1.165, 1.54) is 257 Å². The van der Waals surface area contributed by atoms with Gasteiger partial charge in [0, 0.05) is 25.5 Å². The molecule has 0 aliphatic carbocycles. The number of nitrogens with zero attached hydrogens (tertiary/aromatic N) is 2. The third-order valence-corrected chi connectivity index (χ3v) is 11.3. The molecule has 2 heteroatoms. The van der Waals surface area contributed by atoms with E-state index in [2.05, 4.69) is 43.0 Å². The number of rotatable bonds is 40. The first-order chi connectivity index (χ1) is 23.8. The van der Waals surface area contributed by atoms with Crippen LogP contribution in [0.15, 0.2) is 12.4 Å². The SMILES string of the molecule is CCCCCCCCCCCCCCCC1N(CCCCCCCCCCCCCC)C=CN1CCCCCCCCCCCCCC. The van der Waals surface area contributed by atoms with Crippen LogP contribution in [0.25, 0.3) is 0 Å². The Hall–Kier alpha value is -0.660. The van der Waals surface area contributed by atoms with Gasteiger partial charge in [-0.2, -0.15) is 0 Å². The highest BCUT2D eigenvalue weighted by Crippen LogP contribution is 2.24. The molecular formula is C46H92N2. The van der Waals surface area contributed by atoms with Crippen LogP contribution in [-0.2, 0) is 0 Å². The van der Waals surface area contributed by atoms with Gasteiger partial charge in [0.05, 0.1) is 0 Å². The molecule has 0 spiro atoms. The summed E-state index contributed by atoms with van der Waals surface area (Å²) >= 11 is 0. The minimum Gasteiger partial charge on any atom is -0.356 e. The second kappa shape index (κ2) is 37.6. The first kappa shape index (κ1) is 45.4. The normalized spacial score (nSPS) is 13.5. The minimum absolute atomic E-state index is 0.637. The van der Waals surface area contributed by atoms with Gasteiger partial charge in [0.2, 0.25) is 0 Å². The molecule has 0 unspecified atom stereocenters. The third kappa shape index (κ3) is 29.1. The molecule has 0 saturated carbocycles. The van der Waals surface area contributed by atoms with Crippen molar-refractivity contribution >= 4 is 0 Å². The zero-order valence-electron chi connectivity index (χ0n) is 33.9. The van der Waals surface area contributed by atoms with Crippen molar-refractivity contribution in [2.45, 2.75) is 271 Å². The van der Waals surface area contributed by atoms with E-state index >= 15 is 0 Å². The Bertz CT molecular complexity index is 592. The van der Waals surface area contributed by atoms with Gasteiger partial charge in [-0.05, 0) is 25.7 Å². The highest BCUT2D eigenvalue weighted by Gasteiger charge is 2.24. The summed E-state index contributed by atoms with van der Waals surface area (Å²) in [4.78, 5) is 5.47. The molecular weight excluding hydrogens is 581 g/mol. The molecule has 0 atom stereocenters. The Kier molecular flexibility index (Phi) is 35.5. The topological polar surface area (TPSA) is 6.48 Å². The van der Waals surface area contributed by atoms with Crippen molar-refractivity contribution < 1.29 is 0 Å². The summed E-state index contributed by atoms with van der Waals surface area (Å²) in [5.74, 6) is 0. The molecule has 0 aromatic rings. The molecule has 0 aromatic carbocycles. The van der Waals surface area contributed by atoms with Gasteiger partial charge in [-0.1, -0.05) is 239 Å². The smallest absolute Gasteiger partial charge is 0.101 e. The molecule has 1 aliphatic rings. The van der Waals surface area contributed by atoms with Crippen molar-refractivity contribution in [1.29, 1.82) is 0 Å². The average Bonchev–Trinajstić information content (AvgIpc) is 3.48. The van der Waals surface area contributed by atoms with Crippen molar-refractivity contribution in [3.05, 3.63) is 12.4 Å². The number of hydrogen-bond acceptors (Lipinski definition) is 2. The van der Waals surface area contributed by atoms with E-state index in [1.807, 2.05) is 0 Å². The fraction of sp³-hybridized carbons (Fsp3) is 0.957. The van der Waals surface area contributed by atoms with Crippen LogP contribution in [0.4, 0.5) is 0 Å². The van der Waals surface area contributed by atoms with Crippen molar-refractivity contribution in [2.75, 3.05) is 13.1 Å². The largest absolute Gasteiger partial charge is 0.356 e. The quantitative estimate of drug-likeness (QED) is 0.0598. The molecule has 0 N–H and O–H groups in total. The Morgan fingerprint density at radius 3 is 0.729 bits per heavy atom. The van der Waals surface area contributed by atoms with Crippen LogP contribution < -0.4 is 0 Å². The van der Waals surface area contributed by atoms with Crippen LogP contribution in [0.1, 0.15) is 265 Å².